The highest BCUT2D eigenvalue weighted by Crippen LogP contribution is 2.18. The molecule has 15 heavy (non-hydrogen) atoms. The van der Waals surface area contributed by atoms with E-state index in [1.165, 1.54) is 12.3 Å². The Kier molecular flexibility index (Phi) is 2.37. The second-order valence-electron chi connectivity index (χ2n) is 2.90. The van der Waals surface area contributed by atoms with E-state index in [4.69, 9.17) is 0 Å². The predicted octanol–water partition coefficient (Wildman–Crippen LogP) is 2.05. The summed E-state index contributed by atoms with van der Waals surface area (Å²) in [6.07, 6.45) is 4.81. The minimum Gasteiger partial charge on any atom is -0.358 e. The minimum absolute atomic E-state index is 0.146. The van der Waals surface area contributed by atoms with Crippen molar-refractivity contribution in [3.8, 4) is 11.1 Å². The molecule has 0 unspecified atom stereocenters. The Labute approximate surface area is 85.6 Å². The molecule has 0 aromatic carbocycles. The first-order chi connectivity index (χ1) is 7.27. The van der Waals surface area contributed by atoms with Crippen LogP contribution in [-0.2, 0) is 0 Å². The van der Waals surface area contributed by atoms with Crippen molar-refractivity contribution in [3.05, 3.63) is 53.0 Å². The summed E-state index contributed by atoms with van der Waals surface area (Å²) in [5, 5.41) is 10.4. The topological polar surface area (TPSA) is 68.9 Å². The van der Waals surface area contributed by atoms with Crippen molar-refractivity contribution in [2.24, 2.45) is 0 Å². The highest BCUT2D eigenvalue weighted by molar-refractivity contribution is 5.62. The molecule has 74 valence electrons. The van der Waals surface area contributed by atoms with E-state index in [1.54, 1.807) is 18.5 Å². The zero-order chi connectivity index (χ0) is 10.7. The molecule has 0 spiro atoms. The van der Waals surface area contributed by atoms with E-state index in [9.17, 15) is 10.1 Å². The number of nitrogens with zero attached hydrogens (tertiary/aromatic N) is 3. The summed E-state index contributed by atoms with van der Waals surface area (Å²) in [5.74, 6) is -0.146. The minimum atomic E-state index is -0.518. The van der Waals surface area contributed by atoms with Crippen LogP contribution in [0.25, 0.3) is 11.1 Å². The molecule has 0 bridgehead atoms. The number of aromatic nitrogens is 2. The molecule has 0 fully saturated rings. The van der Waals surface area contributed by atoms with Crippen LogP contribution in [0.4, 0.5) is 5.82 Å². The lowest BCUT2D eigenvalue weighted by molar-refractivity contribution is -0.389. The molecule has 0 saturated carbocycles. The van der Waals surface area contributed by atoms with Crippen LogP contribution in [0, 0.1) is 10.1 Å². The summed E-state index contributed by atoms with van der Waals surface area (Å²) in [6.45, 7) is 0. The quantitative estimate of drug-likeness (QED) is 0.550. The van der Waals surface area contributed by atoms with E-state index in [0.29, 0.717) is 0 Å². The monoisotopic (exact) mass is 201 g/mol. The first-order valence-corrected chi connectivity index (χ1v) is 4.28. The fourth-order valence-electron chi connectivity index (χ4n) is 1.21. The SMILES string of the molecule is O=[N+]([O-])c1ccc(-c2ccncc2)cn1. The third-order valence-electron chi connectivity index (χ3n) is 1.95. The van der Waals surface area contributed by atoms with Gasteiger partial charge in [-0.15, -0.1) is 0 Å². The summed E-state index contributed by atoms with van der Waals surface area (Å²) in [6, 6.07) is 6.70. The fourth-order valence-corrected chi connectivity index (χ4v) is 1.21. The van der Waals surface area contributed by atoms with Crippen LogP contribution in [0.3, 0.4) is 0 Å². The maximum atomic E-state index is 10.4. The van der Waals surface area contributed by atoms with Crippen LogP contribution in [0.15, 0.2) is 42.9 Å². The van der Waals surface area contributed by atoms with Gasteiger partial charge in [0.25, 0.3) is 0 Å². The van der Waals surface area contributed by atoms with Crippen molar-refractivity contribution in [2.75, 3.05) is 0 Å². The molecule has 0 saturated heterocycles. The van der Waals surface area contributed by atoms with Gasteiger partial charge in [-0.05, 0) is 33.7 Å². The molecule has 0 radical (unpaired) electrons. The van der Waals surface area contributed by atoms with Crippen molar-refractivity contribution < 1.29 is 4.92 Å². The molecular weight excluding hydrogens is 194 g/mol. The maximum Gasteiger partial charge on any atom is 0.363 e. The lowest BCUT2D eigenvalue weighted by Crippen LogP contribution is -1.91. The lowest BCUT2D eigenvalue weighted by Gasteiger charge is -1.97. The fraction of sp³-hybridized carbons (Fsp3) is 0. The molecule has 0 aliphatic carbocycles. The molecule has 0 aliphatic heterocycles. The van der Waals surface area contributed by atoms with Gasteiger partial charge in [0.15, 0.2) is 0 Å². The van der Waals surface area contributed by atoms with Gasteiger partial charge in [-0.25, -0.2) is 0 Å². The molecule has 5 heteroatoms. The van der Waals surface area contributed by atoms with Gasteiger partial charge in [0.1, 0.15) is 6.20 Å². The summed E-state index contributed by atoms with van der Waals surface area (Å²) in [7, 11) is 0. The molecule has 0 N–H and O–H groups in total. The molecule has 0 atom stereocenters. The number of hydrogen-bond acceptors (Lipinski definition) is 4. The maximum absolute atomic E-state index is 10.4. The van der Waals surface area contributed by atoms with Crippen LogP contribution in [0.5, 0.6) is 0 Å². The third-order valence-corrected chi connectivity index (χ3v) is 1.95. The van der Waals surface area contributed by atoms with Crippen molar-refractivity contribution in [1.29, 1.82) is 0 Å². The molecule has 2 aromatic rings. The Balaban J connectivity index is 2.36. The third kappa shape index (κ3) is 1.96. The normalized spacial score (nSPS) is 9.87. The van der Waals surface area contributed by atoms with Gasteiger partial charge in [-0.1, -0.05) is 0 Å². The number of nitro groups is 1. The van der Waals surface area contributed by atoms with Gasteiger partial charge in [0.2, 0.25) is 0 Å². The Morgan fingerprint density at radius 3 is 2.33 bits per heavy atom. The van der Waals surface area contributed by atoms with E-state index in [2.05, 4.69) is 9.97 Å². The largest absolute Gasteiger partial charge is 0.363 e. The average molecular weight is 201 g/mol. The zero-order valence-corrected chi connectivity index (χ0v) is 7.70. The van der Waals surface area contributed by atoms with Crippen LogP contribution in [-0.4, -0.2) is 14.9 Å². The summed E-state index contributed by atoms with van der Waals surface area (Å²) in [4.78, 5) is 17.5. The number of pyridine rings is 2. The van der Waals surface area contributed by atoms with Gasteiger partial charge >= 0.3 is 5.82 Å². The number of hydrogen-bond donors (Lipinski definition) is 0. The molecule has 2 aromatic heterocycles. The predicted molar refractivity (Wildman–Crippen MR) is 54.1 cm³/mol. The van der Waals surface area contributed by atoms with Crippen molar-refractivity contribution in [3.63, 3.8) is 0 Å². The highest BCUT2D eigenvalue weighted by atomic mass is 16.6. The van der Waals surface area contributed by atoms with Gasteiger partial charge in [0.05, 0.1) is 0 Å². The second-order valence-corrected chi connectivity index (χ2v) is 2.90. The van der Waals surface area contributed by atoms with Crippen LogP contribution >= 0.6 is 0 Å². The standard InChI is InChI=1S/C10H7N3O2/c14-13(15)10-2-1-9(7-12-10)8-3-5-11-6-4-8/h1-7H. The summed E-state index contributed by atoms with van der Waals surface area (Å²) in [5.41, 5.74) is 1.77. The van der Waals surface area contributed by atoms with Crippen LogP contribution in [0.1, 0.15) is 0 Å². The van der Waals surface area contributed by atoms with Gasteiger partial charge < -0.3 is 10.1 Å². The lowest BCUT2D eigenvalue weighted by atomic mass is 10.1. The summed E-state index contributed by atoms with van der Waals surface area (Å²) >= 11 is 0. The summed E-state index contributed by atoms with van der Waals surface area (Å²) < 4.78 is 0. The molecule has 0 aliphatic rings. The Morgan fingerprint density at radius 1 is 1.07 bits per heavy atom. The van der Waals surface area contributed by atoms with E-state index in [1.807, 2.05) is 12.1 Å². The van der Waals surface area contributed by atoms with Gasteiger partial charge in [-0.3, -0.25) is 4.98 Å². The Morgan fingerprint density at radius 2 is 1.80 bits per heavy atom. The molecule has 2 heterocycles. The van der Waals surface area contributed by atoms with Crippen LogP contribution < -0.4 is 0 Å². The zero-order valence-electron chi connectivity index (χ0n) is 7.70. The van der Waals surface area contributed by atoms with Gasteiger partial charge in [0, 0.05) is 24.0 Å². The Hall–Kier alpha value is -2.30. The van der Waals surface area contributed by atoms with E-state index < -0.39 is 4.92 Å². The smallest absolute Gasteiger partial charge is 0.358 e. The molecular formula is C10H7N3O2. The molecule has 5 nitrogen and oxygen atoms in total. The first-order valence-electron chi connectivity index (χ1n) is 4.28. The number of rotatable bonds is 2. The van der Waals surface area contributed by atoms with Crippen molar-refractivity contribution in [1.82, 2.24) is 9.97 Å². The Bertz CT molecular complexity index is 468. The van der Waals surface area contributed by atoms with E-state index >= 15 is 0 Å². The molecule has 2 rings (SSSR count). The van der Waals surface area contributed by atoms with Crippen molar-refractivity contribution >= 4 is 5.82 Å². The van der Waals surface area contributed by atoms with Gasteiger partial charge in [-0.2, -0.15) is 0 Å². The average Bonchev–Trinajstić information content (AvgIpc) is 2.30. The van der Waals surface area contributed by atoms with Crippen molar-refractivity contribution in [2.45, 2.75) is 0 Å². The van der Waals surface area contributed by atoms with Crippen LogP contribution in [0.2, 0.25) is 0 Å². The molecule has 0 amide bonds. The highest BCUT2D eigenvalue weighted by Gasteiger charge is 2.06. The second kappa shape index (κ2) is 3.83. The first kappa shape index (κ1) is 9.26. The van der Waals surface area contributed by atoms with E-state index in [-0.39, 0.29) is 5.82 Å². The van der Waals surface area contributed by atoms with E-state index in [0.717, 1.165) is 11.1 Å².